The van der Waals surface area contributed by atoms with Gasteiger partial charge in [-0.3, -0.25) is 9.59 Å². The van der Waals surface area contributed by atoms with Crippen LogP contribution in [0.3, 0.4) is 0 Å². The van der Waals surface area contributed by atoms with Crippen LogP contribution in [0.1, 0.15) is 35.8 Å². The Bertz CT molecular complexity index is 988. The first-order valence-electron chi connectivity index (χ1n) is 8.56. The zero-order valence-electron chi connectivity index (χ0n) is 15.2. The number of carbonyl (C=O) groups excluding carboxylic acids is 1. The molecule has 0 fully saturated rings. The largest absolute Gasteiger partial charge is 0.497 e. The number of methoxy groups -OCH3 is 1. The standard InChI is InChI=1S/C21H22N2O3/c1-14(2)23-13-19(17-6-4-5-7-18(17)21(23)25)20(24)22-12-15-8-10-16(26-3)11-9-15/h4-11,13-14H,12H2,1-3H3,(H,22,24). The number of aromatic nitrogens is 1. The molecule has 0 atom stereocenters. The van der Waals surface area contributed by atoms with Crippen molar-refractivity contribution in [1.29, 1.82) is 0 Å². The Hall–Kier alpha value is -3.08. The first-order valence-corrected chi connectivity index (χ1v) is 8.56. The van der Waals surface area contributed by atoms with E-state index >= 15 is 0 Å². The van der Waals surface area contributed by atoms with Gasteiger partial charge in [0.05, 0.1) is 12.7 Å². The summed E-state index contributed by atoms with van der Waals surface area (Å²) in [6, 6.07) is 14.7. The monoisotopic (exact) mass is 350 g/mol. The Balaban J connectivity index is 1.92. The fraction of sp³-hybridized carbons (Fsp3) is 0.238. The van der Waals surface area contributed by atoms with Crippen LogP contribution in [-0.4, -0.2) is 17.6 Å². The highest BCUT2D eigenvalue weighted by molar-refractivity contribution is 6.06. The second kappa shape index (κ2) is 7.44. The van der Waals surface area contributed by atoms with Crippen LogP contribution in [0.15, 0.2) is 59.5 Å². The van der Waals surface area contributed by atoms with E-state index in [0.29, 0.717) is 22.9 Å². The topological polar surface area (TPSA) is 60.3 Å². The number of pyridine rings is 1. The Morgan fingerprint density at radius 3 is 2.35 bits per heavy atom. The van der Waals surface area contributed by atoms with Gasteiger partial charge in [-0.2, -0.15) is 0 Å². The lowest BCUT2D eigenvalue weighted by Gasteiger charge is -2.15. The summed E-state index contributed by atoms with van der Waals surface area (Å²) in [6.45, 7) is 4.25. The summed E-state index contributed by atoms with van der Waals surface area (Å²) in [5, 5.41) is 4.16. The molecule has 1 heterocycles. The van der Waals surface area contributed by atoms with Crippen molar-refractivity contribution in [3.8, 4) is 5.75 Å². The Morgan fingerprint density at radius 1 is 1.08 bits per heavy atom. The third-order valence-electron chi connectivity index (χ3n) is 4.36. The lowest BCUT2D eigenvalue weighted by atomic mass is 10.1. The van der Waals surface area contributed by atoms with Gasteiger partial charge in [0.2, 0.25) is 0 Å². The quantitative estimate of drug-likeness (QED) is 0.766. The summed E-state index contributed by atoms with van der Waals surface area (Å²) < 4.78 is 6.74. The molecule has 0 bridgehead atoms. The molecule has 3 rings (SSSR count). The number of nitrogens with zero attached hydrogens (tertiary/aromatic N) is 1. The van der Waals surface area contributed by atoms with E-state index in [4.69, 9.17) is 4.74 Å². The van der Waals surface area contributed by atoms with E-state index in [-0.39, 0.29) is 17.5 Å². The van der Waals surface area contributed by atoms with Crippen LogP contribution in [-0.2, 0) is 6.54 Å². The summed E-state index contributed by atoms with van der Waals surface area (Å²) in [7, 11) is 1.62. The molecule has 3 aromatic rings. The molecule has 0 aliphatic carbocycles. The highest BCUT2D eigenvalue weighted by Gasteiger charge is 2.15. The molecule has 1 amide bonds. The molecular weight excluding hydrogens is 328 g/mol. The molecule has 5 heteroatoms. The van der Waals surface area contributed by atoms with E-state index < -0.39 is 0 Å². The predicted molar refractivity (Wildman–Crippen MR) is 103 cm³/mol. The Morgan fingerprint density at radius 2 is 1.73 bits per heavy atom. The first-order chi connectivity index (χ1) is 12.5. The van der Waals surface area contributed by atoms with Crippen molar-refractivity contribution < 1.29 is 9.53 Å². The van der Waals surface area contributed by atoms with Crippen molar-refractivity contribution in [1.82, 2.24) is 9.88 Å². The molecule has 0 radical (unpaired) electrons. The maximum Gasteiger partial charge on any atom is 0.258 e. The molecule has 2 aromatic carbocycles. The van der Waals surface area contributed by atoms with Crippen LogP contribution < -0.4 is 15.6 Å². The van der Waals surface area contributed by atoms with Crippen LogP contribution in [0.25, 0.3) is 10.8 Å². The van der Waals surface area contributed by atoms with E-state index in [1.165, 1.54) is 0 Å². The number of carbonyl (C=O) groups is 1. The van der Waals surface area contributed by atoms with Crippen molar-refractivity contribution in [3.05, 3.63) is 76.2 Å². The zero-order chi connectivity index (χ0) is 18.7. The highest BCUT2D eigenvalue weighted by atomic mass is 16.5. The summed E-state index contributed by atoms with van der Waals surface area (Å²) >= 11 is 0. The molecule has 0 saturated heterocycles. The van der Waals surface area contributed by atoms with Gasteiger partial charge in [0, 0.05) is 29.6 Å². The fourth-order valence-electron chi connectivity index (χ4n) is 2.90. The van der Waals surface area contributed by atoms with E-state index in [1.54, 1.807) is 23.9 Å². The molecule has 134 valence electrons. The Kier molecular flexibility index (Phi) is 5.07. The van der Waals surface area contributed by atoms with Gasteiger partial charge < -0.3 is 14.6 Å². The molecule has 0 aliphatic rings. The van der Waals surface area contributed by atoms with Crippen LogP contribution in [0.4, 0.5) is 0 Å². The minimum Gasteiger partial charge on any atom is -0.497 e. The number of hydrogen-bond acceptors (Lipinski definition) is 3. The molecule has 0 saturated carbocycles. The van der Waals surface area contributed by atoms with E-state index in [1.807, 2.05) is 56.3 Å². The molecule has 1 N–H and O–H groups in total. The van der Waals surface area contributed by atoms with Crippen molar-refractivity contribution in [2.45, 2.75) is 26.4 Å². The van der Waals surface area contributed by atoms with Gasteiger partial charge in [-0.15, -0.1) is 0 Å². The summed E-state index contributed by atoms with van der Waals surface area (Å²) in [6.07, 6.45) is 1.65. The lowest BCUT2D eigenvalue weighted by Crippen LogP contribution is -2.28. The van der Waals surface area contributed by atoms with Crippen molar-refractivity contribution in [2.75, 3.05) is 7.11 Å². The van der Waals surface area contributed by atoms with Crippen molar-refractivity contribution in [2.24, 2.45) is 0 Å². The minimum absolute atomic E-state index is 0.0276. The Labute approximate surface area is 152 Å². The summed E-state index contributed by atoms with van der Waals surface area (Å²) in [5.74, 6) is 0.571. The molecule has 1 aromatic heterocycles. The molecule has 0 spiro atoms. The average molecular weight is 350 g/mol. The highest BCUT2D eigenvalue weighted by Crippen LogP contribution is 2.18. The van der Waals surface area contributed by atoms with Gasteiger partial charge in [0.1, 0.15) is 5.75 Å². The SMILES string of the molecule is COc1ccc(CNC(=O)c2cn(C(C)C)c(=O)c3ccccc23)cc1. The van der Waals surface area contributed by atoms with Crippen LogP contribution >= 0.6 is 0 Å². The number of ether oxygens (including phenoxy) is 1. The summed E-state index contributed by atoms with van der Waals surface area (Å²) in [5.41, 5.74) is 1.39. The number of fused-ring (bicyclic) bond motifs is 1. The number of amides is 1. The first kappa shape index (κ1) is 17.7. The maximum atomic E-state index is 12.8. The van der Waals surface area contributed by atoms with Gasteiger partial charge >= 0.3 is 0 Å². The third kappa shape index (κ3) is 3.47. The lowest BCUT2D eigenvalue weighted by molar-refractivity contribution is 0.0951. The number of nitrogens with one attached hydrogen (secondary N) is 1. The van der Waals surface area contributed by atoms with Gasteiger partial charge in [-0.25, -0.2) is 0 Å². The zero-order valence-corrected chi connectivity index (χ0v) is 15.2. The van der Waals surface area contributed by atoms with Gasteiger partial charge in [0.15, 0.2) is 0 Å². The number of rotatable bonds is 5. The average Bonchev–Trinajstić information content (AvgIpc) is 2.66. The molecule has 26 heavy (non-hydrogen) atoms. The second-order valence-electron chi connectivity index (χ2n) is 6.43. The van der Waals surface area contributed by atoms with E-state index in [9.17, 15) is 9.59 Å². The predicted octanol–water partition coefficient (Wildman–Crippen LogP) is 3.52. The van der Waals surface area contributed by atoms with Gasteiger partial charge in [-0.05, 0) is 37.6 Å². The molecular formula is C21H22N2O3. The van der Waals surface area contributed by atoms with Crippen LogP contribution in [0.5, 0.6) is 5.75 Å². The molecule has 5 nitrogen and oxygen atoms in total. The van der Waals surface area contributed by atoms with Crippen molar-refractivity contribution in [3.63, 3.8) is 0 Å². The summed E-state index contributed by atoms with van der Waals surface area (Å²) in [4.78, 5) is 25.4. The molecule has 0 unspecified atom stereocenters. The number of hydrogen-bond donors (Lipinski definition) is 1. The van der Waals surface area contributed by atoms with Crippen LogP contribution in [0.2, 0.25) is 0 Å². The van der Waals surface area contributed by atoms with Crippen molar-refractivity contribution >= 4 is 16.7 Å². The molecule has 0 aliphatic heterocycles. The maximum absolute atomic E-state index is 12.8. The minimum atomic E-state index is -0.202. The van der Waals surface area contributed by atoms with Crippen LogP contribution in [0, 0.1) is 0 Å². The normalized spacial score (nSPS) is 10.9. The third-order valence-corrected chi connectivity index (χ3v) is 4.36. The van der Waals surface area contributed by atoms with Gasteiger partial charge in [0.25, 0.3) is 11.5 Å². The van der Waals surface area contributed by atoms with Gasteiger partial charge in [-0.1, -0.05) is 30.3 Å². The second-order valence-corrected chi connectivity index (χ2v) is 6.43. The fourth-order valence-corrected chi connectivity index (χ4v) is 2.90. The number of benzene rings is 2. The smallest absolute Gasteiger partial charge is 0.258 e. The van der Waals surface area contributed by atoms with E-state index in [0.717, 1.165) is 11.3 Å². The van der Waals surface area contributed by atoms with E-state index in [2.05, 4.69) is 5.32 Å².